The average molecular weight is 275 g/mol. The minimum Gasteiger partial charge on any atom is -0.353 e. The number of piperidine rings is 1. The summed E-state index contributed by atoms with van der Waals surface area (Å²) in [5, 5.41) is 3.17. The Morgan fingerprint density at radius 2 is 2.15 bits per heavy atom. The van der Waals surface area contributed by atoms with Gasteiger partial charge in [-0.15, -0.1) is 0 Å². The molecule has 110 valence electrons. The van der Waals surface area contributed by atoms with Crippen molar-refractivity contribution in [2.75, 3.05) is 20.1 Å². The first kappa shape index (κ1) is 15.0. The number of carbonyl (C=O) groups excluding carboxylic acids is 1. The topological polar surface area (TPSA) is 58.4 Å². The Hall–Kier alpha value is -1.39. The molecule has 0 aliphatic carbocycles. The van der Waals surface area contributed by atoms with Gasteiger partial charge in [0.1, 0.15) is 0 Å². The fraction of sp³-hybridized carbons (Fsp3) is 0.562. The van der Waals surface area contributed by atoms with E-state index in [1.54, 1.807) is 0 Å². The molecule has 1 aliphatic rings. The van der Waals surface area contributed by atoms with Crippen LogP contribution in [0.1, 0.15) is 31.2 Å². The minimum absolute atomic E-state index is 0.0560. The van der Waals surface area contributed by atoms with Gasteiger partial charge in [0.25, 0.3) is 0 Å². The molecule has 20 heavy (non-hydrogen) atoms. The van der Waals surface area contributed by atoms with Crippen molar-refractivity contribution >= 4 is 5.91 Å². The highest BCUT2D eigenvalue weighted by Crippen LogP contribution is 2.18. The Kier molecular flexibility index (Phi) is 5.15. The van der Waals surface area contributed by atoms with E-state index in [0.29, 0.717) is 12.6 Å². The molecule has 0 bridgehead atoms. The van der Waals surface area contributed by atoms with Gasteiger partial charge in [0, 0.05) is 25.2 Å². The number of benzene rings is 1. The van der Waals surface area contributed by atoms with E-state index >= 15 is 0 Å². The van der Waals surface area contributed by atoms with Crippen molar-refractivity contribution in [1.82, 2.24) is 10.2 Å². The summed E-state index contributed by atoms with van der Waals surface area (Å²) in [6.45, 7) is 3.58. The Bertz CT molecular complexity index is 435. The maximum atomic E-state index is 12.4. The first-order chi connectivity index (χ1) is 9.61. The summed E-state index contributed by atoms with van der Waals surface area (Å²) in [5.74, 6) is -0.188. The molecule has 4 nitrogen and oxygen atoms in total. The van der Waals surface area contributed by atoms with Gasteiger partial charge in [0.2, 0.25) is 5.91 Å². The maximum Gasteiger partial charge on any atom is 0.229 e. The molecular formula is C16H25N3O. The first-order valence-corrected chi connectivity index (χ1v) is 7.37. The fourth-order valence-corrected chi connectivity index (χ4v) is 2.80. The number of hydrogen-bond donors (Lipinski definition) is 2. The molecule has 1 aromatic carbocycles. The van der Waals surface area contributed by atoms with E-state index in [2.05, 4.69) is 24.2 Å². The molecule has 4 heteroatoms. The second kappa shape index (κ2) is 6.86. The summed E-state index contributed by atoms with van der Waals surface area (Å²) >= 11 is 0. The van der Waals surface area contributed by atoms with Crippen molar-refractivity contribution in [2.45, 2.75) is 37.8 Å². The number of nitrogens with one attached hydrogen (secondary N) is 1. The van der Waals surface area contributed by atoms with Crippen LogP contribution in [0.25, 0.3) is 0 Å². The molecule has 2 rings (SSSR count). The molecule has 1 fully saturated rings. The fourth-order valence-electron chi connectivity index (χ4n) is 2.80. The lowest BCUT2D eigenvalue weighted by atomic mass is 9.95. The molecule has 3 N–H and O–H groups in total. The molecule has 3 atom stereocenters. The largest absolute Gasteiger partial charge is 0.353 e. The summed E-state index contributed by atoms with van der Waals surface area (Å²) in [6.07, 6.45) is 2.02. The van der Waals surface area contributed by atoms with E-state index < -0.39 is 0 Å². The normalized spacial score (nSPS) is 25.1. The molecule has 0 spiro atoms. The van der Waals surface area contributed by atoms with Crippen molar-refractivity contribution in [3.05, 3.63) is 35.9 Å². The minimum atomic E-state index is -0.244. The van der Waals surface area contributed by atoms with Crippen molar-refractivity contribution in [3.8, 4) is 0 Å². The summed E-state index contributed by atoms with van der Waals surface area (Å²) in [6, 6.07) is 10.6. The Labute approximate surface area is 121 Å². The van der Waals surface area contributed by atoms with Crippen molar-refractivity contribution in [3.63, 3.8) is 0 Å². The molecule has 0 aromatic heterocycles. The molecule has 1 aliphatic heterocycles. The van der Waals surface area contributed by atoms with Crippen molar-refractivity contribution in [1.29, 1.82) is 0 Å². The van der Waals surface area contributed by atoms with E-state index in [9.17, 15) is 4.79 Å². The first-order valence-electron chi connectivity index (χ1n) is 7.37. The number of carbonyl (C=O) groups is 1. The number of amides is 1. The van der Waals surface area contributed by atoms with Gasteiger partial charge >= 0.3 is 0 Å². The van der Waals surface area contributed by atoms with Gasteiger partial charge in [-0.2, -0.15) is 0 Å². The van der Waals surface area contributed by atoms with Gasteiger partial charge in [0.15, 0.2) is 0 Å². The highest BCUT2D eigenvalue weighted by molar-refractivity contribution is 5.84. The van der Waals surface area contributed by atoms with Crippen LogP contribution in [0.5, 0.6) is 0 Å². The molecular weight excluding hydrogens is 250 g/mol. The zero-order chi connectivity index (χ0) is 14.5. The highest BCUT2D eigenvalue weighted by atomic mass is 16.2. The van der Waals surface area contributed by atoms with Crippen LogP contribution in [-0.2, 0) is 4.79 Å². The summed E-state index contributed by atoms with van der Waals surface area (Å²) in [7, 11) is 2.13. The molecule has 1 saturated heterocycles. The molecule has 0 radical (unpaired) electrons. The second-order valence-electron chi connectivity index (χ2n) is 5.76. The van der Waals surface area contributed by atoms with E-state index in [-0.39, 0.29) is 17.9 Å². The van der Waals surface area contributed by atoms with Crippen LogP contribution in [0.3, 0.4) is 0 Å². The predicted octanol–water partition coefficient (Wildman–Crippen LogP) is 1.33. The number of rotatable bonds is 4. The maximum absolute atomic E-state index is 12.4. The van der Waals surface area contributed by atoms with E-state index in [1.165, 1.54) is 0 Å². The quantitative estimate of drug-likeness (QED) is 0.871. The zero-order valence-electron chi connectivity index (χ0n) is 12.4. The van der Waals surface area contributed by atoms with Crippen LogP contribution in [0.2, 0.25) is 0 Å². The number of nitrogens with two attached hydrogens (primary N) is 1. The molecule has 1 amide bonds. The van der Waals surface area contributed by atoms with E-state index in [1.807, 2.05) is 30.3 Å². The third-order valence-electron chi connectivity index (χ3n) is 4.31. The smallest absolute Gasteiger partial charge is 0.229 e. The number of hydrogen-bond acceptors (Lipinski definition) is 3. The SMILES string of the molecule is CC1CC(NC(=O)C(CN)c2ccccc2)CCN1C. The van der Waals surface area contributed by atoms with Gasteiger partial charge in [-0.25, -0.2) is 0 Å². The lowest BCUT2D eigenvalue weighted by Crippen LogP contribution is -2.48. The summed E-state index contributed by atoms with van der Waals surface area (Å²) in [4.78, 5) is 14.8. The standard InChI is InChI=1S/C16H25N3O/c1-12-10-14(8-9-19(12)2)18-16(20)15(11-17)13-6-4-3-5-7-13/h3-7,12,14-15H,8-11,17H2,1-2H3,(H,18,20). The van der Waals surface area contributed by atoms with Crippen LogP contribution >= 0.6 is 0 Å². The summed E-state index contributed by atoms with van der Waals surface area (Å²) < 4.78 is 0. The van der Waals surface area contributed by atoms with E-state index in [4.69, 9.17) is 5.73 Å². The van der Waals surface area contributed by atoms with Crippen LogP contribution in [0.15, 0.2) is 30.3 Å². The van der Waals surface area contributed by atoms with Crippen LogP contribution in [0, 0.1) is 0 Å². The molecule has 3 unspecified atom stereocenters. The predicted molar refractivity (Wildman–Crippen MR) is 81.5 cm³/mol. The lowest BCUT2D eigenvalue weighted by Gasteiger charge is -2.35. The Morgan fingerprint density at radius 3 is 2.75 bits per heavy atom. The van der Waals surface area contributed by atoms with Gasteiger partial charge in [-0.3, -0.25) is 4.79 Å². The third kappa shape index (κ3) is 3.58. The monoisotopic (exact) mass is 275 g/mol. The van der Waals surface area contributed by atoms with Gasteiger partial charge in [-0.1, -0.05) is 30.3 Å². The molecule has 1 aromatic rings. The van der Waals surface area contributed by atoms with E-state index in [0.717, 1.165) is 24.9 Å². The second-order valence-corrected chi connectivity index (χ2v) is 5.76. The molecule has 0 saturated carbocycles. The molecule has 1 heterocycles. The van der Waals surface area contributed by atoms with Crippen molar-refractivity contribution in [2.24, 2.45) is 5.73 Å². The summed E-state index contributed by atoms with van der Waals surface area (Å²) in [5.41, 5.74) is 6.79. The lowest BCUT2D eigenvalue weighted by molar-refractivity contribution is -0.123. The number of likely N-dealkylation sites (tertiary alicyclic amines) is 1. The number of nitrogens with zero attached hydrogens (tertiary/aromatic N) is 1. The van der Waals surface area contributed by atoms with Crippen LogP contribution in [-0.4, -0.2) is 43.0 Å². The van der Waals surface area contributed by atoms with Gasteiger partial charge in [0.05, 0.1) is 5.92 Å². The van der Waals surface area contributed by atoms with Gasteiger partial charge < -0.3 is 16.0 Å². The van der Waals surface area contributed by atoms with Crippen LogP contribution < -0.4 is 11.1 Å². The Balaban J connectivity index is 1.96. The van der Waals surface area contributed by atoms with Gasteiger partial charge in [-0.05, 0) is 32.4 Å². The Morgan fingerprint density at radius 1 is 1.45 bits per heavy atom. The third-order valence-corrected chi connectivity index (χ3v) is 4.31. The van der Waals surface area contributed by atoms with Crippen molar-refractivity contribution < 1.29 is 4.79 Å². The van der Waals surface area contributed by atoms with Crippen LogP contribution in [0.4, 0.5) is 0 Å². The average Bonchev–Trinajstić information content (AvgIpc) is 2.45. The zero-order valence-corrected chi connectivity index (χ0v) is 12.4. The highest BCUT2D eigenvalue weighted by Gasteiger charge is 2.26.